The summed E-state index contributed by atoms with van der Waals surface area (Å²) in [4.78, 5) is 11.7. The molecule has 0 aliphatic rings. The van der Waals surface area contributed by atoms with E-state index in [9.17, 15) is 4.79 Å². The highest BCUT2D eigenvalue weighted by atomic mass is 35.5. The third-order valence-electron chi connectivity index (χ3n) is 2.49. The third kappa shape index (κ3) is 3.50. The lowest BCUT2D eigenvalue weighted by Crippen LogP contribution is -2.17. The van der Waals surface area contributed by atoms with Gasteiger partial charge in [0.05, 0.1) is 16.3 Å². The van der Waals surface area contributed by atoms with Crippen LogP contribution in [-0.4, -0.2) is 17.2 Å². The second-order valence-corrected chi connectivity index (χ2v) is 4.70. The molecule has 2 aromatic rings. The van der Waals surface area contributed by atoms with Crippen LogP contribution in [-0.2, 0) is 0 Å². The zero-order valence-corrected chi connectivity index (χ0v) is 11.7. The van der Waals surface area contributed by atoms with Crippen LogP contribution in [0.4, 0.5) is 0 Å². The molecule has 102 valence electrons. The second kappa shape index (κ2) is 6.41. The van der Waals surface area contributed by atoms with Crippen molar-refractivity contribution >= 4 is 35.3 Å². The Labute approximate surface area is 125 Å². The maximum Gasteiger partial charge on any atom is 0.271 e. The maximum absolute atomic E-state index is 11.7. The summed E-state index contributed by atoms with van der Waals surface area (Å²) in [5.41, 5.74) is 3.26. The van der Waals surface area contributed by atoms with Gasteiger partial charge in [-0.2, -0.15) is 5.10 Å². The molecule has 0 bridgehead atoms. The Balaban J connectivity index is 2.06. The van der Waals surface area contributed by atoms with Crippen molar-refractivity contribution in [1.29, 1.82) is 0 Å². The first-order valence-electron chi connectivity index (χ1n) is 5.64. The van der Waals surface area contributed by atoms with Gasteiger partial charge >= 0.3 is 0 Å². The lowest BCUT2D eigenvalue weighted by atomic mass is 10.2. The molecule has 0 aromatic heterocycles. The van der Waals surface area contributed by atoms with Gasteiger partial charge in [-0.3, -0.25) is 4.79 Å². The summed E-state index contributed by atoms with van der Waals surface area (Å²) >= 11 is 11.9. The molecular formula is C14H10Cl2N2O2. The first-order valence-corrected chi connectivity index (χ1v) is 6.40. The van der Waals surface area contributed by atoms with Gasteiger partial charge in [0.1, 0.15) is 5.75 Å². The molecule has 0 atom stereocenters. The number of halogens is 2. The van der Waals surface area contributed by atoms with E-state index in [0.29, 0.717) is 21.2 Å². The van der Waals surface area contributed by atoms with Crippen LogP contribution in [0.3, 0.4) is 0 Å². The summed E-state index contributed by atoms with van der Waals surface area (Å²) < 4.78 is 0. The summed E-state index contributed by atoms with van der Waals surface area (Å²) in [6.45, 7) is 0. The molecule has 0 heterocycles. The van der Waals surface area contributed by atoms with Crippen LogP contribution in [0.1, 0.15) is 15.9 Å². The van der Waals surface area contributed by atoms with Gasteiger partial charge < -0.3 is 5.11 Å². The molecule has 6 heteroatoms. The number of hydrazone groups is 1. The fraction of sp³-hybridized carbons (Fsp3) is 0. The van der Waals surface area contributed by atoms with Crippen LogP contribution in [0, 0.1) is 0 Å². The summed E-state index contributed by atoms with van der Waals surface area (Å²) in [7, 11) is 0. The topological polar surface area (TPSA) is 61.7 Å². The Morgan fingerprint density at radius 3 is 2.30 bits per heavy atom. The smallest absolute Gasteiger partial charge is 0.271 e. The standard InChI is InChI=1S/C14H10Cl2N2O2/c15-12-2-1-3-13(16)11(12)8-17-18-14(20)9-4-6-10(19)7-5-9/h1-8,19H,(H,18,20)/b17-8-. The largest absolute Gasteiger partial charge is 0.508 e. The lowest BCUT2D eigenvalue weighted by molar-refractivity contribution is 0.0955. The third-order valence-corrected chi connectivity index (χ3v) is 3.15. The first-order chi connectivity index (χ1) is 9.58. The molecule has 2 rings (SSSR count). The number of carbonyl (C=O) groups excluding carboxylic acids is 1. The summed E-state index contributed by atoms with van der Waals surface area (Å²) in [6, 6.07) is 10.9. The van der Waals surface area contributed by atoms with E-state index < -0.39 is 5.91 Å². The van der Waals surface area contributed by atoms with Gasteiger partial charge in [0.25, 0.3) is 5.91 Å². The molecule has 4 nitrogen and oxygen atoms in total. The Bertz CT molecular complexity index is 634. The first kappa shape index (κ1) is 14.4. The van der Waals surface area contributed by atoms with E-state index in [-0.39, 0.29) is 5.75 Å². The highest BCUT2D eigenvalue weighted by molar-refractivity contribution is 6.38. The van der Waals surface area contributed by atoms with Crippen LogP contribution in [0.2, 0.25) is 10.0 Å². The van der Waals surface area contributed by atoms with Gasteiger partial charge in [-0.1, -0.05) is 29.3 Å². The van der Waals surface area contributed by atoms with E-state index in [1.807, 2.05) is 0 Å². The summed E-state index contributed by atoms with van der Waals surface area (Å²) in [5.74, 6) is -0.308. The van der Waals surface area contributed by atoms with Crippen molar-refractivity contribution in [3.8, 4) is 5.75 Å². The quantitative estimate of drug-likeness (QED) is 0.674. The molecular weight excluding hydrogens is 299 g/mol. The Morgan fingerprint density at radius 2 is 1.70 bits per heavy atom. The number of nitrogens with zero attached hydrogens (tertiary/aromatic N) is 1. The number of rotatable bonds is 3. The fourth-order valence-corrected chi connectivity index (χ4v) is 1.96. The van der Waals surface area contributed by atoms with Crippen LogP contribution in [0.5, 0.6) is 5.75 Å². The van der Waals surface area contributed by atoms with E-state index in [1.54, 1.807) is 18.2 Å². The maximum atomic E-state index is 11.7. The minimum absolute atomic E-state index is 0.0906. The number of aromatic hydroxyl groups is 1. The lowest BCUT2D eigenvalue weighted by Gasteiger charge is -2.02. The molecule has 0 fully saturated rings. The zero-order valence-electron chi connectivity index (χ0n) is 10.2. The van der Waals surface area contributed by atoms with Crippen LogP contribution in [0.15, 0.2) is 47.6 Å². The van der Waals surface area contributed by atoms with Crippen molar-refractivity contribution in [2.45, 2.75) is 0 Å². The molecule has 0 aliphatic heterocycles. The number of phenolic OH excluding ortho intramolecular Hbond substituents is 1. The monoisotopic (exact) mass is 308 g/mol. The molecule has 2 aromatic carbocycles. The van der Waals surface area contributed by atoms with E-state index in [2.05, 4.69) is 10.5 Å². The normalized spacial score (nSPS) is 10.7. The van der Waals surface area contributed by atoms with Crippen LogP contribution < -0.4 is 5.43 Å². The van der Waals surface area contributed by atoms with Crippen LogP contribution in [0.25, 0.3) is 0 Å². The van der Waals surface area contributed by atoms with E-state index in [1.165, 1.54) is 30.5 Å². The Kier molecular flexibility index (Phi) is 4.61. The number of hydrogen-bond acceptors (Lipinski definition) is 3. The van der Waals surface area contributed by atoms with Crippen molar-refractivity contribution in [2.75, 3.05) is 0 Å². The van der Waals surface area contributed by atoms with Crippen molar-refractivity contribution in [2.24, 2.45) is 5.10 Å². The molecule has 0 spiro atoms. The Morgan fingerprint density at radius 1 is 1.10 bits per heavy atom. The molecule has 0 saturated carbocycles. The average Bonchev–Trinajstić information content (AvgIpc) is 2.42. The van der Waals surface area contributed by atoms with Gasteiger partial charge in [0, 0.05) is 11.1 Å². The Hall–Kier alpha value is -2.04. The van der Waals surface area contributed by atoms with Gasteiger partial charge in [0.2, 0.25) is 0 Å². The second-order valence-electron chi connectivity index (χ2n) is 3.88. The highest BCUT2D eigenvalue weighted by Gasteiger charge is 2.05. The van der Waals surface area contributed by atoms with Crippen molar-refractivity contribution in [3.05, 3.63) is 63.6 Å². The minimum Gasteiger partial charge on any atom is -0.508 e. The number of nitrogens with one attached hydrogen (secondary N) is 1. The number of carbonyl (C=O) groups is 1. The number of hydrogen-bond donors (Lipinski definition) is 2. The fourth-order valence-electron chi connectivity index (χ4n) is 1.47. The SMILES string of the molecule is O=C(N/N=C\c1c(Cl)cccc1Cl)c1ccc(O)cc1. The number of amides is 1. The van der Waals surface area contributed by atoms with Crippen molar-refractivity contribution < 1.29 is 9.90 Å². The number of phenols is 1. The molecule has 0 unspecified atom stereocenters. The summed E-state index contributed by atoms with van der Waals surface area (Å²) in [6.07, 6.45) is 1.38. The molecule has 0 radical (unpaired) electrons. The van der Waals surface area contributed by atoms with Gasteiger partial charge in [-0.25, -0.2) is 5.43 Å². The molecule has 2 N–H and O–H groups in total. The van der Waals surface area contributed by atoms with E-state index in [0.717, 1.165) is 0 Å². The number of benzene rings is 2. The van der Waals surface area contributed by atoms with Gasteiger partial charge in [-0.05, 0) is 36.4 Å². The predicted octanol–water partition coefficient (Wildman–Crippen LogP) is 3.46. The van der Waals surface area contributed by atoms with Crippen molar-refractivity contribution in [3.63, 3.8) is 0 Å². The van der Waals surface area contributed by atoms with Crippen molar-refractivity contribution in [1.82, 2.24) is 5.43 Å². The van der Waals surface area contributed by atoms with Gasteiger partial charge in [-0.15, -0.1) is 0 Å². The highest BCUT2D eigenvalue weighted by Crippen LogP contribution is 2.22. The van der Waals surface area contributed by atoms with E-state index in [4.69, 9.17) is 28.3 Å². The molecule has 0 saturated heterocycles. The van der Waals surface area contributed by atoms with E-state index >= 15 is 0 Å². The zero-order chi connectivity index (χ0) is 14.5. The van der Waals surface area contributed by atoms with Crippen LogP contribution >= 0.6 is 23.2 Å². The average molecular weight is 309 g/mol. The minimum atomic E-state index is -0.399. The predicted molar refractivity (Wildman–Crippen MR) is 79.6 cm³/mol. The summed E-state index contributed by atoms with van der Waals surface area (Å²) in [5, 5.41) is 13.8. The molecule has 0 aliphatic carbocycles. The molecule has 1 amide bonds. The molecule has 20 heavy (non-hydrogen) atoms. The van der Waals surface area contributed by atoms with Gasteiger partial charge in [0.15, 0.2) is 0 Å².